The van der Waals surface area contributed by atoms with Gasteiger partial charge in [-0.3, -0.25) is 4.79 Å². The summed E-state index contributed by atoms with van der Waals surface area (Å²) in [5.74, 6) is -0.144. The molecule has 0 radical (unpaired) electrons. The highest BCUT2D eigenvalue weighted by Gasteiger charge is 2.18. The molecular formula is C11H19N3O2. The van der Waals surface area contributed by atoms with E-state index < -0.39 is 0 Å². The van der Waals surface area contributed by atoms with E-state index in [0.29, 0.717) is 12.2 Å². The van der Waals surface area contributed by atoms with Gasteiger partial charge in [0.1, 0.15) is 5.69 Å². The minimum atomic E-state index is -0.144. The molecule has 0 aliphatic heterocycles. The monoisotopic (exact) mass is 225 g/mol. The van der Waals surface area contributed by atoms with Crippen LogP contribution in [0.2, 0.25) is 0 Å². The van der Waals surface area contributed by atoms with E-state index in [4.69, 9.17) is 5.11 Å². The van der Waals surface area contributed by atoms with Crippen LogP contribution in [-0.2, 0) is 0 Å². The van der Waals surface area contributed by atoms with Gasteiger partial charge in [-0.1, -0.05) is 13.8 Å². The Morgan fingerprint density at radius 3 is 2.94 bits per heavy atom. The fourth-order valence-electron chi connectivity index (χ4n) is 1.44. The van der Waals surface area contributed by atoms with Gasteiger partial charge in [-0.05, 0) is 18.3 Å². The summed E-state index contributed by atoms with van der Waals surface area (Å²) in [5, 5.41) is 11.6. The molecule has 1 rings (SSSR count). The largest absolute Gasteiger partial charge is 0.396 e. The molecule has 90 valence electrons. The molecule has 0 aromatic carbocycles. The molecule has 0 bridgehead atoms. The van der Waals surface area contributed by atoms with Crippen molar-refractivity contribution in [3.05, 3.63) is 18.2 Å². The Hall–Kier alpha value is -1.36. The lowest BCUT2D eigenvalue weighted by molar-refractivity contribution is 0.0928. The van der Waals surface area contributed by atoms with Gasteiger partial charge in [-0.25, -0.2) is 4.98 Å². The second-order valence-corrected chi connectivity index (χ2v) is 4.64. The number of carbonyl (C=O) groups is 1. The molecule has 1 heterocycles. The molecule has 0 fully saturated rings. The fourth-order valence-corrected chi connectivity index (χ4v) is 1.44. The molecule has 0 aliphatic rings. The van der Waals surface area contributed by atoms with Crippen molar-refractivity contribution in [3.63, 3.8) is 0 Å². The van der Waals surface area contributed by atoms with E-state index in [-0.39, 0.29) is 17.9 Å². The molecule has 5 heteroatoms. The number of H-pyrrole nitrogens is 1. The topological polar surface area (TPSA) is 78.0 Å². The van der Waals surface area contributed by atoms with Crippen LogP contribution >= 0.6 is 0 Å². The van der Waals surface area contributed by atoms with Crippen LogP contribution in [0.25, 0.3) is 0 Å². The van der Waals surface area contributed by atoms with Crippen molar-refractivity contribution >= 4 is 5.91 Å². The van der Waals surface area contributed by atoms with Crippen LogP contribution in [0, 0.1) is 5.41 Å². The Bertz CT molecular complexity index is 320. The van der Waals surface area contributed by atoms with Gasteiger partial charge in [-0.15, -0.1) is 0 Å². The average molecular weight is 225 g/mol. The van der Waals surface area contributed by atoms with Gasteiger partial charge in [0.25, 0.3) is 5.91 Å². The van der Waals surface area contributed by atoms with Crippen LogP contribution in [0.5, 0.6) is 0 Å². The molecule has 0 aliphatic carbocycles. The zero-order valence-electron chi connectivity index (χ0n) is 9.79. The van der Waals surface area contributed by atoms with Gasteiger partial charge < -0.3 is 15.4 Å². The van der Waals surface area contributed by atoms with Crippen LogP contribution in [0.3, 0.4) is 0 Å². The first-order valence-corrected chi connectivity index (χ1v) is 5.42. The standard InChI is InChI=1S/C11H19N3O2/c1-11(2,4-3-5-15)7-13-10(16)9-6-12-8-14-9/h6,8,15H,3-5,7H2,1-2H3,(H,12,14)(H,13,16). The number of aromatic amines is 1. The highest BCUT2D eigenvalue weighted by molar-refractivity contribution is 5.91. The van der Waals surface area contributed by atoms with E-state index in [1.807, 2.05) is 0 Å². The maximum Gasteiger partial charge on any atom is 0.269 e. The van der Waals surface area contributed by atoms with Crippen molar-refractivity contribution in [1.82, 2.24) is 15.3 Å². The van der Waals surface area contributed by atoms with E-state index in [0.717, 1.165) is 12.8 Å². The van der Waals surface area contributed by atoms with Gasteiger partial charge >= 0.3 is 0 Å². The van der Waals surface area contributed by atoms with Crippen LogP contribution in [0.4, 0.5) is 0 Å². The average Bonchev–Trinajstić information content (AvgIpc) is 2.77. The molecule has 3 N–H and O–H groups in total. The quantitative estimate of drug-likeness (QED) is 0.674. The van der Waals surface area contributed by atoms with Gasteiger partial charge in [0.15, 0.2) is 0 Å². The summed E-state index contributed by atoms with van der Waals surface area (Å²) in [6.07, 6.45) is 4.61. The van der Waals surface area contributed by atoms with E-state index in [9.17, 15) is 4.79 Å². The van der Waals surface area contributed by atoms with Crippen molar-refractivity contribution in [2.45, 2.75) is 26.7 Å². The Kier molecular flexibility index (Phi) is 4.49. The van der Waals surface area contributed by atoms with Crippen molar-refractivity contribution in [1.29, 1.82) is 0 Å². The summed E-state index contributed by atoms with van der Waals surface area (Å²) < 4.78 is 0. The summed E-state index contributed by atoms with van der Waals surface area (Å²) in [6.45, 7) is 4.91. The van der Waals surface area contributed by atoms with Gasteiger partial charge in [0.2, 0.25) is 0 Å². The minimum Gasteiger partial charge on any atom is -0.396 e. The number of aliphatic hydroxyl groups excluding tert-OH is 1. The first-order chi connectivity index (χ1) is 7.55. The molecule has 0 saturated carbocycles. The zero-order chi connectivity index (χ0) is 12.0. The predicted molar refractivity (Wildman–Crippen MR) is 61.0 cm³/mol. The molecule has 1 aromatic heterocycles. The number of amides is 1. The number of rotatable bonds is 6. The van der Waals surface area contributed by atoms with Gasteiger partial charge in [-0.2, -0.15) is 0 Å². The van der Waals surface area contributed by atoms with Crippen molar-refractivity contribution in [2.75, 3.05) is 13.2 Å². The Balaban J connectivity index is 2.36. The lowest BCUT2D eigenvalue weighted by Crippen LogP contribution is -2.34. The van der Waals surface area contributed by atoms with Crippen LogP contribution in [0.15, 0.2) is 12.5 Å². The number of nitrogens with zero attached hydrogens (tertiary/aromatic N) is 1. The number of aromatic nitrogens is 2. The SMILES string of the molecule is CC(C)(CCCO)CNC(=O)c1cnc[nH]1. The molecule has 1 aromatic rings. The fraction of sp³-hybridized carbons (Fsp3) is 0.636. The molecule has 0 unspecified atom stereocenters. The van der Waals surface area contributed by atoms with Crippen LogP contribution in [0.1, 0.15) is 37.2 Å². The highest BCUT2D eigenvalue weighted by atomic mass is 16.2. The number of aliphatic hydroxyl groups is 1. The van der Waals surface area contributed by atoms with Gasteiger partial charge in [0, 0.05) is 13.2 Å². The first-order valence-electron chi connectivity index (χ1n) is 5.42. The maximum atomic E-state index is 11.6. The lowest BCUT2D eigenvalue weighted by atomic mass is 9.88. The number of carbonyl (C=O) groups excluding carboxylic acids is 1. The smallest absolute Gasteiger partial charge is 0.269 e. The summed E-state index contributed by atoms with van der Waals surface area (Å²) in [5.41, 5.74) is 0.469. The Morgan fingerprint density at radius 2 is 2.38 bits per heavy atom. The van der Waals surface area contributed by atoms with E-state index in [1.54, 1.807) is 0 Å². The third-order valence-electron chi connectivity index (χ3n) is 2.48. The minimum absolute atomic E-state index is 0.00158. The summed E-state index contributed by atoms with van der Waals surface area (Å²) in [4.78, 5) is 18.1. The second kappa shape index (κ2) is 5.65. The molecular weight excluding hydrogens is 206 g/mol. The predicted octanol–water partition coefficient (Wildman–Crippen LogP) is 0.938. The number of hydrogen-bond acceptors (Lipinski definition) is 3. The molecule has 5 nitrogen and oxygen atoms in total. The molecule has 0 atom stereocenters. The zero-order valence-corrected chi connectivity index (χ0v) is 9.79. The summed E-state index contributed by atoms with van der Waals surface area (Å²) in [6, 6.07) is 0. The highest BCUT2D eigenvalue weighted by Crippen LogP contribution is 2.20. The Labute approximate surface area is 95.3 Å². The third-order valence-corrected chi connectivity index (χ3v) is 2.48. The van der Waals surface area contributed by atoms with Gasteiger partial charge in [0.05, 0.1) is 12.5 Å². The van der Waals surface area contributed by atoms with E-state index in [2.05, 4.69) is 29.1 Å². The number of hydrogen-bond donors (Lipinski definition) is 3. The molecule has 1 amide bonds. The van der Waals surface area contributed by atoms with E-state index in [1.165, 1.54) is 12.5 Å². The maximum absolute atomic E-state index is 11.6. The van der Waals surface area contributed by atoms with Crippen LogP contribution in [-0.4, -0.2) is 34.1 Å². The summed E-state index contributed by atoms with van der Waals surface area (Å²) >= 11 is 0. The molecule has 0 spiro atoms. The van der Waals surface area contributed by atoms with E-state index >= 15 is 0 Å². The Morgan fingerprint density at radius 1 is 1.62 bits per heavy atom. The number of imidazole rings is 1. The third kappa shape index (κ3) is 4.02. The normalized spacial score (nSPS) is 11.4. The first kappa shape index (κ1) is 12.7. The van der Waals surface area contributed by atoms with Crippen molar-refractivity contribution < 1.29 is 9.90 Å². The van der Waals surface area contributed by atoms with Crippen LogP contribution < -0.4 is 5.32 Å². The second-order valence-electron chi connectivity index (χ2n) is 4.64. The molecule has 16 heavy (non-hydrogen) atoms. The van der Waals surface area contributed by atoms with Crippen molar-refractivity contribution in [3.8, 4) is 0 Å². The number of nitrogens with one attached hydrogen (secondary N) is 2. The van der Waals surface area contributed by atoms with Crippen molar-refractivity contribution in [2.24, 2.45) is 5.41 Å². The molecule has 0 saturated heterocycles. The lowest BCUT2D eigenvalue weighted by Gasteiger charge is -2.24. The summed E-state index contributed by atoms with van der Waals surface area (Å²) in [7, 11) is 0.